The molecule has 0 spiro atoms. The highest BCUT2D eigenvalue weighted by Gasteiger charge is 2.31. The van der Waals surface area contributed by atoms with Crippen molar-refractivity contribution in [3.8, 4) is 5.75 Å². The summed E-state index contributed by atoms with van der Waals surface area (Å²) in [6.45, 7) is 11.3. The van der Waals surface area contributed by atoms with Crippen LogP contribution in [-0.2, 0) is 9.53 Å². The van der Waals surface area contributed by atoms with Gasteiger partial charge >= 0.3 is 5.97 Å². The molecule has 1 aliphatic heterocycles. The molecule has 0 amide bonds. The molecule has 0 saturated carbocycles. The SMILES string of the molecule is CC1=C(C(=O)OCC(C)C)[C@@H](c2ccc(OCCC(C)C)cc2)NC(=S)N1. The maximum Gasteiger partial charge on any atom is 0.338 e. The third-order valence-electron chi connectivity index (χ3n) is 4.21. The normalized spacial score (nSPS) is 17.0. The van der Waals surface area contributed by atoms with E-state index in [1.165, 1.54) is 0 Å². The first-order chi connectivity index (χ1) is 12.8. The second-order valence-corrected chi connectivity index (χ2v) is 8.07. The van der Waals surface area contributed by atoms with E-state index in [2.05, 4.69) is 24.5 Å². The van der Waals surface area contributed by atoms with Crippen LogP contribution in [0, 0.1) is 11.8 Å². The van der Waals surface area contributed by atoms with Crippen LogP contribution in [0.15, 0.2) is 35.5 Å². The van der Waals surface area contributed by atoms with Gasteiger partial charge < -0.3 is 20.1 Å². The zero-order valence-corrected chi connectivity index (χ0v) is 17.6. The predicted molar refractivity (Wildman–Crippen MR) is 111 cm³/mol. The fourth-order valence-corrected chi connectivity index (χ4v) is 2.97. The molecule has 0 bridgehead atoms. The smallest absolute Gasteiger partial charge is 0.338 e. The second-order valence-electron chi connectivity index (χ2n) is 7.66. The molecule has 1 heterocycles. The molecule has 1 atom stereocenters. The predicted octanol–water partition coefficient (Wildman–Crippen LogP) is 4.10. The van der Waals surface area contributed by atoms with Crippen molar-refractivity contribution in [2.24, 2.45) is 11.8 Å². The van der Waals surface area contributed by atoms with Gasteiger partial charge in [0.05, 0.1) is 24.8 Å². The van der Waals surface area contributed by atoms with Gasteiger partial charge in [0.2, 0.25) is 0 Å². The van der Waals surface area contributed by atoms with E-state index >= 15 is 0 Å². The molecule has 148 valence electrons. The fraction of sp³-hybridized carbons (Fsp3) is 0.524. The van der Waals surface area contributed by atoms with Crippen molar-refractivity contribution in [1.82, 2.24) is 10.6 Å². The van der Waals surface area contributed by atoms with Crippen LogP contribution < -0.4 is 15.4 Å². The number of nitrogens with one attached hydrogen (secondary N) is 2. The zero-order valence-electron chi connectivity index (χ0n) is 16.8. The summed E-state index contributed by atoms with van der Waals surface area (Å²) in [7, 11) is 0. The van der Waals surface area contributed by atoms with Gasteiger partial charge in [-0.3, -0.25) is 0 Å². The number of thiocarbonyl (C=S) groups is 1. The van der Waals surface area contributed by atoms with Gasteiger partial charge in [-0.2, -0.15) is 0 Å². The Bertz CT molecular complexity index is 696. The maximum atomic E-state index is 12.6. The summed E-state index contributed by atoms with van der Waals surface area (Å²) in [6.07, 6.45) is 1.01. The van der Waals surface area contributed by atoms with Gasteiger partial charge in [0.25, 0.3) is 0 Å². The molecular formula is C21H30N2O3S. The highest BCUT2D eigenvalue weighted by Crippen LogP contribution is 2.29. The molecule has 1 aliphatic rings. The standard InChI is InChI=1S/C21H30N2O3S/c1-13(2)10-11-25-17-8-6-16(7-9-17)19-18(15(5)22-21(27)23-19)20(24)26-12-14(3)4/h6-9,13-14,19H,10-12H2,1-5H3,(H2,22,23,27)/t19-/m1/s1. The average Bonchev–Trinajstić information content (AvgIpc) is 2.59. The highest BCUT2D eigenvalue weighted by molar-refractivity contribution is 7.80. The summed E-state index contributed by atoms with van der Waals surface area (Å²) in [5.74, 6) is 1.38. The number of rotatable bonds is 8. The minimum absolute atomic E-state index is 0.279. The molecule has 1 aromatic rings. The first kappa shape index (κ1) is 21.2. The van der Waals surface area contributed by atoms with Crippen molar-refractivity contribution in [2.45, 2.75) is 47.1 Å². The lowest BCUT2D eigenvalue weighted by Crippen LogP contribution is -2.45. The Kier molecular flexibility index (Phi) is 7.66. The van der Waals surface area contributed by atoms with Crippen LogP contribution in [0.2, 0.25) is 0 Å². The first-order valence-electron chi connectivity index (χ1n) is 9.46. The molecule has 27 heavy (non-hydrogen) atoms. The summed E-state index contributed by atoms with van der Waals surface area (Å²) >= 11 is 5.28. The van der Waals surface area contributed by atoms with Crippen LogP contribution in [0.4, 0.5) is 0 Å². The molecule has 0 radical (unpaired) electrons. The van der Waals surface area contributed by atoms with Crippen LogP contribution in [0.5, 0.6) is 5.75 Å². The van der Waals surface area contributed by atoms with E-state index in [4.69, 9.17) is 21.7 Å². The van der Waals surface area contributed by atoms with E-state index in [1.807, 2.05) is 45.0 Å². The lowest BCUT2D eigenvalue weighted by molar-refractivity contribution is -0.140. The summed E-state index contributed by atoms with van der Waals surface area (Å²) in [4.78, 5) is 12.6. The monoisotopic (exact) mass is 390 g/mol. The van der Waals surface area contributed by atoms with Gasteiger partial charge in [0.1, 0.15) is 5.75 Å². The number of carbonyl (C=O) groups excluding carboxylic acids is 1. The molecule has 0 saturated heterocycles. The van der Waals surface area contributed by atoms with Crippen molar-refractivity contribution in [2.75, 3.05) is 13.2 Å². The van der Waals surface area contributed by atoms with E-state index in [9.17, 15) is 4.79 Å². The summed E-state index contributed by atoms with van der Waals surface area (Å²) in [6, 6.07) is 7.42. The zero-order chi connectivity index (χ0) is 20.0. The average molecular weight is 391 g/mol. The summed E-state index contributed by atoms with van der Waals surface area (Å²) < 4.78 is 11.2. The highest BCUT2D eigenvalue weighted by atomic mass is 32.1. The van der Waals surface area contributed by atoms with Crippen molar-refractivity contribution in [3.05, 3.63) is 41.1 Å². The number of allylic oxidation sites excluding steroid dienone is 1. The topological polar surface area (TPSA) is 59.6 Å². The molecule has 1 aromatic carbocycles. The molecule has 6 heteroatoms. The van der Waals surface area contributed by atoms with Crippen molar-refractivity contribution < 1.29 is 14.3 Å². The van der Waals surface area contributed by atoms with Crippen LogP contribution in [0.3, 0.4) is 0 Å². The van der Waals surface area contributed by atoms with Gasteiger partial charge in [-0.15, -0.1) is 0 Å². The number of benzene rings is 1. The molecule has 0 aliphatic carbocycles. The maximum absolute atomic E-state index is 12.6. The Morgan fingerprint density at radius 3 is 2.41 bits per heavy atom. The third kappa shape index (κ3) is 6.24. The Morgan fingerprint density at radius 1 is 1.15 bits per heavy atom. The molecule has 2 rings (SSSR count). The fourth-order valence-electron chi connectivity index (χ4n) is 2.70. The molecule has 0 fully saturated rings. The number of esters is 1. The Hall–Kier alpha value is -2.08. The lowest BCUT2D eigenvalue weighted by atomic mass is 9.95. The minimum atomic E-state index is -0.344. The molecule has 5 nitrogen and oxygen atoms in total. The van der Waals surface area contributed by atoms with Gasteiger partial charge in [-0.1, -0.05) is 39.8 Å². The number of ether oxygens (including phenoxy) is 2. The first-order valence-corrected chi connectivity index (χ1v) is 9.87. The van der Waals surface area contributed by atoms with E-state index in [-0.39, 0.29) is 17.9 Å². The lowest BCUT2D eigenvalue weighted by Gasteiger charge is -2.30. The number of carbonyl (C=O) groups is 1. The third-order valence-corrected chi connectivity index (χ3v) is 4.43. The van der Waals surface area contributed by atoms with Gasteiger partial charge in [0, 0.05) is 5.70 Å². The van der Waals surface area contributed by atoms with E-state index in [0.29, 0.717) is 29.8 Å². The Morgan fingerprint density at radius 2 is 1.81 bits per heavy atom. The van der Waals surface area contributed by atoms with E-state index in [0.717, 1.165) is 23.4 Å². The number of hydrogen-bond donors (Lipinski definition) is 2. The second kappa shape index (κ2) is 9.74. The summed E-state index contributed by atoms with van der Waals surface area (Å²) in [5.41, 5.74) is 2.21. The summed E-state index contributed by atoms with van der Waals surface area (Å²) in [5, 5.41) is 6.70. The van der Waals surface area contributed by atoms with Crippen LogP contribution in [0.1, 0.15) is 52.6 Å². The molecule has 2 N–H and O–H groups in total. The van der Waals surface area contributed by atoms with Gasteiger partial charge in [0.15, 0.2) is 5.11 Å². The van der Waals surface area contributed by atoms with E-state index < -0.39 is 0 Å². The van der Waals surface area contributed by atoms with Crippen LogP contribution in [0.25, 0.3) is 0 Å². The number of hydrogen-bond acceptors (Lipinski definition) is 4. The van der Waals surface area contributed by atoms with Crippen LogP contribution in [-0.4, -0.2) is 24.3 Å². The minimum Gasteiger partial charge on any atom is -0.494 e. The largest absolute Gasteiger partial charge is 0.494 e. The molecule has 0 aromatic heterocycles. The molecule has 0 unspecified atom stereocenters. The Labute approximate surface area is 167 Å². The van der Waals surface area contributed by atoms with E-state index in [1.54, 1.807) is 0 Å². The van der Waals surface area contributed by atoms with Gasteiger partial charge in [-0.05, 0) is 55.1 Å². The Balaban J connectivity index is 2.16. The van der Waals surface area contributed by atoms with Crippen molar-refractivity contribution in [1.29, 1.82) is 0 Å². The van der Waals surface area contributed by atoms with Crippen molar-refractivity contribution in [3.63, 3.8) is 0 Å². The quantitative estimate of drug-likeness (QED) is 0.515. The van der Waals surface area contributed by atoms with Crippen molar-refractivity contribution >= 4 is 23.3 Å². The van der Waals surface area contributed by atoms with Gasteiger partial charge in [-0.25, -0.2) is 4.79 Å². The molecular weight excluding hydrogens is 360 g/mol. The van der Waals surface area contributed by atoms with Crippen LogP contribution >= 0.6 is 12.2 Å².